The number of aromatic nitrogens is 4. The van der Waals surface area contributed by atoms with Gasteiger partial charge >= 0.3 is 0 Å². The molecule has 0 amide bonds. The highest BCUT2D eigenvalue weighted by Gasteiger charge is 2.16. The lowest BCUT2D eigenvalue weighted by Gasteiger charge is -2.15. The topological polar surface area (TPSA) is 114 Å². The molecule has 0 aliphatic rings. The van der Waals surface area contributed by atoms with E-state index in [4.69, 9.17) is 19.9 Å². The van der Waals surface area contributed by atoms with Gasteiger partial charge in [-0.3, -0.25) is 4.79 Å². The summed E-state index contributed by atoms with van der Waals surface area (Å²) < 4.78 is 17.6. The van der Waals surface area contributed by atoms with E-state index in [-0.39, 0.29) is 17.3 Å². The number of nitrogens with two attached hydrogens (primary N) is 1. The van der Waals surface area contributed by atoms with Crippen molar-refractivity contribution in [2.75, 3.05) is 27.1 Å². The van der Waals surface area contributed by atoms with Gasteiger partial charge in [-0.1, -0.05) is 12.1 Å². The Morgan fingerprint density at radius 2 is 1.69 bits per heavy atom. The Labute approximate surface area is 184 Å². The molecule has 0 atom stereocenters. The fourth-order valence-corrected chi connectivity index (χ4v) is 3.59. The summed E-state index contributed by atoms with van der Waals surface area (Å²) in [6.45, 7) is 1.73. The molecule has 0 aliphatic carbocycles. The molecule has 0 spiro atoms. The second-order valence-electron chi connectivity index (χ2n) is 7.11. The third kappa shape index (κ3) is 3.68. The van der Waals surface area contributed by atoms with Gasteiger partial charge in [0.2, 0.25) is 11.7 Å². The maximum atomic E-state index is 13.0. The monoisotopic (exact) mass is 433 g/mol. The Morgan fingerprint density at radius 3 is 2.31 bits per heavy atom. The van der Waals surface area contributed by atoms with E-state index in [9.17, 15) is 4.79 Å². The highest BCUT2D eigenvalue weighted by Crippen LogP contribution is 2.38. The summed E-state index contributed by atoms with van der Waals surface area (Å²) >= 11 is 0. The number of aryl methyl sites for hydroxylation is 1. The Balaban J connectivity index is 1.73. The molecule has 2 aromatic heterocycles. The summed E-state index contributed by atoms with van der Waals surface area (Å²) in [5.41, 5.74) is 8.20. The zero-order chi connectivity index (χ0) is 22.8. The minimum absolute atomic E-state index is 0.178. The maximum absolute atomic E-state index is 13.0. The van der Waals surface area contributed by atoms with Crippen molar-refractivity contribution in [1.82, 2.24) is 19.5 Å². The molecule has 4 aromatic rings. The average Bonchev–Trinajstić information content (AvgIpc) is 2.80. The number of hydrogen-bond acceptors (Lipinski definition) is 8. The van der Waals surface area contributed by atoms with E-state index in [1.165, 1.54) is 4.57 Å². The molecule has 0 saturated carbocycles. The van der Waals surface area contributed by atoms with Crippen LogP contribution in [0.15, 0.2) is 47.4 Å². The predicted octanol–water partition coefficient (Wildman–Crippen LogP) is 2.68. The number of hydrogen-bond donors (Lipinski definition) is 1. The number of rotatable bonds is 6. The third-order valence-electron chi connectivity index (χ3n) is 5.15. The lowest BCUT2D eigenvalue weighted by molar-refractivity contribution is 0.324. The van der Waals surface area contributed by atoms with Gasteiger partial charge in [-0.2, -0.15) is 4.98 Å². The quantitative estimate of drug-likeness (QED) is 0.494. The lowest BCUT2D eigenvalue weighted by Crippen LogP contribution is -2.24. The van der Waals surface area contributed by atoms with Gasteiger partial charge in [0, 0.05) is 18.2 Å². The van der Waals surface area contributed by atoms with Gasteiger partial charge < -0.3 is 19.9 Å². The van der Waals surface area contributed by atoms with Crippen molar-refractivity contribution in [3.05, 3.63) is 69.9 Å². The van der Waals surface area contributed by atoms with Crippen LogP contribution in [0, 0.1) is 6.92 Å². The summed E-state index contributed by atoms with van der Waals surface area (Å²) in [7, 11) is 4.67. The van der Waals surface area contributed by atoms with Crippen molar-refractivity contribution in [2.24, 2.45) is 0 Å². The Morgan fingerprint density at radius 1 is 1.00 bits per heavy atom. The minimum Gasteiger partial charge on any atom is -0.493 e. The number of benzene rings is 2. The van der Waals surface area contributed by atoms with Crippen LogP contribution in [0.25, 0.3) is 16.9 Å². The van der Waals surface area contributed by atoms with E-state index in [0.717, 1.165) is 5.56 Å². The highest BCUT2D eigenvalue weighted by atomic mass is 16.5. The molecule has 0 radical (unpaired) electrons. The van der Waals surface area contributed by atoms with Crippen LogP contribution in [0.2, 0.25) is 0 Å². The highest BCUT2D eigenvalue weighted by molar-refractivity contribution is 5.77. The van der Waals surface area contributed by atoms with Crippen molar-refractivity contribution in [3.63, 3.8) is 0 Å². The predicted molar refractivity (Wildman–Crippen MR) is 121 cm³/mol. The molecular weight excluding hydrogens is 410 g/mol. The van der Waals surface area contributed by atoms with Crippen LogP contribution >= 0.6 is 0 Å². The standard InChI is InChI=1S/C23H23N5O4/c1-13-26-17-8-6-5-7-16(17)22(29)28(13)23-25-12-15(21(24)27-23)9-14-10-18(30-2)20(32-4)19(11-14)31-3/h5-8,10-12H,9H2,1-4H3,(H2,24,25,27). The van der Waals surface area contributed by atoms with E-state index >= 15 is 0 Å². The van der Waals surface area contributed by atoms with Gasteiger partial charge in [0.25, 0.3) is 5.56 Å². The molecule has 2 aromatic carbocycles. The number of ether oxygens (including phenoxy) is 3. The minimum atomic E-state index is -0.245. The second-order valence-corrected chi connectivity index (χ2v) is 7.11. The van der Waals surface area contributed by atoms with Gasteiger partial charge in [0.1, 0.15) is 11.6 Å². The van der Waals surface area contributed by atoms with E-state index in [1.54, 1.807) is 52.6 Å². The molecule has 0 saturated heterocycles. The van der Waals surface area contributed by atoms with Crippen LogP contribution < -0.4 is 25.5 Å². The first-order chi connectivity index (χ1) is 15.5. The lowest BCUT2D eigenvalue weighted by atomic mass is 10.1. The van der Waals surface area contributed by atoms with Crippen LogP contribution in [-0.4, -0.2) is 40.8 Å². The molecule has 9 nitrogen and oxygen atoms in total. The van der Waals surface area contributed by atoms with Crippen LogP contribution in [-0.2, 0) is 6.42 Å². The normalized spacial score (nSPS) is 10.9. The van der Waals surface area contributed by atoms with Gasteiger partial charge in [-0.15, -0.1) is 0 Å². The zero-order valence-corrected chi connectivity index (χ0v) is 18.2. The van der Waals surface area contributed by atoms with Crippen LogP contribution in [0.4, 0.5) is 5.82 Å². The fourth-order valence-electron chi connectivity index (χ4n) is 3.59. The summed E-state index contributed by atoms with van der Waals surface area (Å²) in [5, 5.41) is 0.488. The van der Waals surface area contributed by atoms with Gasteiger partial charge in [0.15, 0.2) is 11.5 Å². The van der Waals surface area contributed by atoms with Crippen LogP contribution in [0.5, 0.6) is 17.2 Å². The maximum Gasteiger partial charge on any atom is 0.268 e. The summed E-state index contributed by atoms with van der Waals surface area (Å²) in [4.78, 5) is 26.3. The molecule has 164 valence electrons. The molecule has 4 rings (SSSR count). The number of nitrogen functional groups attached to an aromatic ring is 1. The zero-order valence-electron chi connectivity index (χ0n) is 18.2. The smallest absolute Gasteiger partial charge is 0.268 e. The van der Waals surface area contributed by atoms with Crippen LogP contribution in [0.3, 0.4) is 0 Å². The Hall–Kier alpha value is -4.14. The molecule has 2 N–H and O–H groups in total. The average molecular weight is 433 g/mol. The summed E-state index contributed by atoms with van der Waals surface area (Å²) in [5.74, 6) is 2.52. The molecule has 32 heavy (non-hydrogen) atoms. The van der Waals surface area contributed by atoms with Gasteiger partial charge in [-0.05, 0) is 36.8 Å². The number of para-hydroxylation sites is 1. The third-order valence-corrected chi connectivity index (χ3v) is 5.15. The molecule has 2 heterocycles. The van der Waals surface area contributed by atoms with Gasteiger partial charge in [-0.25, -0.2) is 14.5 Å². The molecular formula is C23H23N5O4. The first kappa shape index (κ1) is 21.1. The van der Waals surface area contributed by atoms with Crippen molar-refractivity contribution >= 4 is 16.7 Å². The van der Waals surface area contributed by atoms with E-state index in [2.05, 4.69) is 15.0 Å². The number of methoxy groups -OCH3 is 3. The van der Waals surface area contributed by atoms with E-state index in [0.29, 0.717) is 46.0 Å². The van der Waals surface area contributed by atoms with Crippen molar-refractivity contribution in [1.29, 1.82) is 0 Å². The number of nitrogens with zero attached hydrogens (tertiary/aromatic N) is 4. The number of fused-ring (bicyclic) bond motifs is 1. The SMILES string of the molecule is COc1cc(Cc2cnc(-n3c(C)nc4ccccc4c3=O)nc2N)cc(OC)c1OC. The second kappa shape index (κ2) is 8.54. The summed E-state index contributed by atoms with van der Waals surface area (Å²) in [6, 6.07) is 10.8. The van der Waals surface area contributed by atoms with Crippen molar-refractivity contribution in [2.45, 2.75) is 13.3 Å². The molecule has 0 unspecified atom stereocenters. The van der Waals surface area contributed by atoms with Crippen LogP contribution in [0.1, 0.15) is 17.0 Å². The Kier molecular flexibility index (Phi) is 5.63. The Bertz CT molecular complexity index is 1340. The molecule has 0 fully saturated rings. The van der Waals surface area contributed by atoms with E-state index in [1.807, 2.05) is 18.2 Å². The number of anilines is 1. The van der Waals surface area contributed by atoms with Gasteiger partial charge in [0.05, 0.1) is 32.2 Å². The molecule has 0 bridgehead atoms. The van der Waals surface area contributed by atoms with E-state index < -0.39 is 0 Å². The first-order valence-electron chi connectivity index (χ1n) is 9.85. The molecule has 0 aliphatic heterocycles. The van der Waals surface area contributed by atoms with Crippen molar-refractivity contribution in [3.8, 4) is 23.2 Å². The molecule has 9 heteroatoms. The fraction of sp³-hybridized carbons (Fsp3) is 0.217. The van der Waals surface area contributed by atoms with Crippen molar-refractivity contribution < 1.29 is 14.2 Å². The largest absolute Gasteiger partial charge is 0.493 e. The first-order valence-corrected chi connectivity index (χ1v) is 9.85. The summed E-state index contributed by atoms with van der Waals surface area (Å²) in [6.07, 6.45) is 2.05.